The number of benzene rings is 1. The highest BCUT2D eigenvalue weighted by molar-refractivity contribution is 5.70. The van der Waals surface area contributed by atoms with E-state index in [0.29, 0.717) is 13.2 Å². The van der Waals surface area contributed by atoms with E-state index in [-0.39, 0.29) is 12.0 Å². The van der Waals surface area contributed by atoms with Crippen LogP contribution in [0.1, 0.15) is 57.6 Å². The number of unbranched alkanes of at least 4 members (excludes halogenated alkanes) is 1. The molecule has 2 rings (SSSR count). The van der Waals surface area contributed by atoms with Crippen molar-refractivity contribution in [2.45, 2.75) is 52.0 Å². The Morgan fingerprint density at radius 2 is 2.17 bits per heavy atom. The van der Waals surface area contributed by atoms with E-state index in [1.165, 1.54) is 5.56 Å². The highest BCUT2D eigenvalue weighted by atomic mass is 16.5. The predicted molar refractivity (Wildman–Crippen MR) is 91.8 cm³/mol. The molecule has 1 N–H and O–H groups in total. The van der Waals surface area contributed by atoms with E-state index in [9.17, 15) is 9.90 Å². The predicted octanol–water partition coefficient (Wildman–Crippen LogP) is 4.11. The summed E-state index contributed by atoms with van der Waals surface area (Å²) in [5.74, 6) is 0.0303. The van der Waals surface area contributed by atoms with E-state index >= 15 is 0 Å². The Morgan fingerprint density at radius 3 is 2.87 bits per heavy atom. The fourth-order valence-corrected chi connectivity index (χ4v) is 3.47. The van der Waals surface area contributed by atoms with Crippen molar-refractivity contribution in [3.05, 3.63) is 29.8 Å². The highest BCUT2D eigenvalue weighted by Gasteiger charge is 2.31. The van der Waals surface area contributed by atoms with Crippen molar-refractivity contribution in [3.63, 3.8) is 0 Å². The van der Waals surface area contributed by atoms with Crippen molar-refractivity contribution < 1.29 is 14.6 Å². The van der Waals surface area contributed by atoms with E-state index in [1.807, 2.05) is 19.1 Å². The maximum atomic E-state index is 11.4. The van der Waals surface area contributed by atoms with Crippen LogP contribution in [0, 0.1) is 5.92 Å². The lowest BCUT2D eigenvalue weighted by Gasteiger charge is -2.38. The normalized spacial score (nSPS) is 20.2. The molecule has 1 saturated heterocycles. The van der Waals surface area contributed by atoms with Crippen LogP contribution < -0.4 is 4.74 Å². The molecule has 0 amide bonds. The van der Waals surface area contributed by atoms with Gasteiger partial charge >= 0.3 is 5.97 Å². The van der Waals surface area contributed by atoms with E-state index in [4.69, 9.17) is 4.74 Å². The summed E-state index contributed by atoms with van der Waals surface area (Å²) in [5.41, 5.74) is 1.20. The lowest BCUT2D eigenvalue weighted by molar-refractivity contribution is -0.144. The first-order chi connectivity index (χ1) is 11.2. The van der Waals surface area contributed by atoms with Crippen molar-refractivity contribution in [2.24, 2.45) is 5.92 Å². The molecule has 1 aliphatic rings. The zero-order chi connectivity index (χ0) is 16.7. The van der Waals surface area contributed by atoms with E-state index in [1.54, 1.807) is 0 Å². The Labute approximate surface area is 139 Å². The largest absolute Gasteiger partial charge is 0.494 e. The second-order valence-electron chi connectivity index (χ2n) is 6.30. The van der Waals surface area contributed by atoms with Crippen LogP contribution in [-0.2, 0) is 4.79 Å². The first kappa shape index (κ1) is 17.8. The second kappa shape index (κ2) is 8.92. The molecular formula is C19H29NO3. The van der Waals surface area contributed by atoms with Crippen LogP contribution in [0.3, 0.4) is 0 Å². The SMILES string of the molecule is CCCCC(c1ccccc1OCC)N1CCCC(C(=O)O)C1. The Morgan fingerprint density at radius 1 is 1.39 bits per heavy atom. The molecule has 2 unspecified atom stereocenters. The molecule has 0 aromatic heterocycles. The van der Waals surface area contributed by atoms with Gasteiger partial charge in [-0.2, -0.15) is 0 Å². The molecule has 0 aliphatic carbocycles. The lowest BCUT2D eigenvalue weighted by atomic mass is 9.92. The Kier molecular flexibility index (Phi) is 6.90. The van der Waals surface area contributed by atoms with Crippen LogP contribution in [0.5, 0.6) is 5.75 Å². The molecule has 128 valence electrons. The monoisotopic (exact) mass is 319 g/mol. The molecule has 2 atom stereocenters. The van der Waals surface area contributed by atoms with E-state index in [0.717, 1.165) is 44.4 Å². The zero-order valence-corrected chi connectivity index (χ0v) is 14.3. The number of hydrogen-bond acceptors (Lipinski definition) is 3. The van der Waals surface area contributed by atoms with Gasteiger partial charge in [0.25, 0.3) is 0 Å². The molecular weight excluding hydrogens is 290 g/mol. The van der Waals surface area contributed by atoms with Gasteiger partial charge in [0.05, 0.1) is 12.5 Å². The molecule has 4 nitrogen and oxygen atoms in total. The summed E-state index contributed by atoms with van der Waals surface area (Å²) < 4.78 is 5.82. The average molecular weight is 319 g/mol. The van der Waals surface area contributed by atoms with Gasteiger partial charge in [-0.25, -0.2) is 0 Å². The third kappa shape index (κ3) is 4.71. The third-order valence-corrected chi connectivity index (χ3v) is 4.65. The van der Waals surface area contributed by atoms with Gasteiger partial charge < -0.3 is 9.84 Å². The molecule has 23 heavy (non-hydrogen) atoms. The van der Waals surface area contributed by atoms with Crippen molar-refractivity contribution in [2.75, 3.05) is 19.7 Å². The van der Waals surface area contributed by atoms with Crippen molar-refractivity contribution >= 4 is 5.97 Å². The molecule has 0 saturated carbocycles. The van der Waals surface area contributed by atoms with Crippen LogP contribution in [0.4, 0.5) is 0 Å². The van der Waals surface area contributed by atoms with Gasteiger partial charge in [-0.3, -0.25) is 9.69 Å². The van der Waals surface area contributed by atoms with Crippen molar-refractivity contribution in [1.82, 2.24) is 4.90 Å². The minimum Gasteiger partial charge on any atom is -0.494 e. The first-order valence-corrected chi connectivity index (χ1v) is 8.85. The summed E-state index contributed by atoms with van der Waals surface area (Å²) in [5, 5.41) is 9.37. The maximum Gasteiger partial charge on any atom is 0.307 e. The highest BCUT2D eigenvalue weighted by Crippen LogP contribution is 2.35. The minimum absolute atomic E-state index is 0.243. The van der Waals surface area contributed by atoms with Crippen LogP contribution >= 0.6 is 0 Å². The number of para-hydroxylation sites is 1. The smallest absolute Gasteiger partial charge is 0.307 e. The van der Waals surface area contributed by atoms with Gasteiger partial charge in [0.15, 0.2) is 0 Å². The van der Waals surface area contributed by atoms with Gasteiger partial charge in [0.1, 0.15) is 5.75 Å². The molecule has 1 aromatic carbocycles. The molecule has 4 heteroatoms. The molecule has 1 heterocycles. The van der Waals surface area contributed by atoms with Gasteiger partial charge in [-0.05, 0) is 38.8 Å². The summed E-state index contributed by atoms with van der Waals surface area (Å²) in [7, 11) is 0. The van der Waals surface area contributed by atoms with Gasteiger partial charge in [0.2, 0.25) is 0 Å². The topological polar surface area (TPSA) is 49.8 Å². The molecule has 0 spiro atoms. The van der Waals surface area contributed by atoms with Gasteiger partial charge in [0, 0.05) is 18.2 Å². The summed E-state index contributed by atoms with van der Waals surface area (Å²) >= 11 is 0. The van der Waals surface area contributed by atoms with Crippen LogP contribution in [0.25, 0.3) is 0 Å². The summed E-state index contributed by atoms with van der Waals surface area (Å²) in [6.07, 6.45) is 5.08. The Bertz CT molecular complexity index is 503. The molecule has 1 aromatic rings. The third-order valence-electron chi connectivity index (χ3n) is 4.65. The average Bonchev–Trinajstić information content (AvgIpc) is 2.57. The van der Waals surface area contributed by atoms with Crippen LogP contribution in [-0.4, -0.2) is 35.7 Å². The quantitative estimate of drug-likeness (QED) is 0.783. The zero-order valence-electron chi connectivity index (χ0n) is 14.3. The Hall–Kier alpha value is -1.55. The minimum atomic E-state index is -0.665. The molecule has 1 fully saturated rings. The number of carbonyl (C=O) groups is 1. The van der Waals surface area contributed by atoms with Crippen LogP contribution in [0.15, 0.2) is 24.3 Å². The number of nitrogens with zero attached hydrogens (tertiary/aromatic N) is 1. The van der Waals surface area contributed by atoms with Crippen molar-refractivity contribution in [3.8, 4) is 5.75 Å². The number of carboxylic acids is 1. The number of rotatable bonds is 8. The number of hydrogen-bond donors (Lipinski definition) is 1. The second-order valence-corrected chi connectivity index (χ2v) is 6.30. The summed E-state index contributed by atoms with van der Waals surface area (Å²) in [4.78, 5) is 13.7. The number of carboxylic acid groups (broad SMARTS) is 1. The Balaban J connectivity index is 2.24. The fraction of sp³-hybridized carbons (Fsp3) is 0.632. The number of likely N-dealkylation sites (tertiary alicyclic amines) is 1. The molecule has 1 aliphatic heterocycles. The molecule has 0 bridgehead atoms. The first-order valence-electron chi connectivity index (χ1n) is 8.85. The van der Waals surface area contributed by atoms with Gasteiger partial charge in [-0.15, -0.1) is 0 Å². The van der Waals surface area contributed by atoms with Gasteiger partial charge in [-0.1, -0.05) is 38.0 Å². The number of piperidine rings is 1. The standard InChI is InChI=1S/C19H29NO3/c1-3-5-11-17(16-10-6-7-12-18(16)23-4-2)20-13-8-9-15(14-20)19(21)22/h6-7,10,12,15,17H,3-5,8-9,11,13-14H2,1-2H3,(H,21,22). The number of aliphatic carboxylic acids is 1. The van der Waals surface area contributed by atoms with Crippen LogP contribution in [0.2, 0.25) is 0 Å². The maximum absolute atomic E-state index is 11.4. The lowest BCUT2D eigenvalue weighted by Crippen LogP contribution is -2.41. The summed E-state index contributed by atoms with van der Waals surface area (Å²) in [6, 6.07) is 8.46. The fourth-order valence-electron chi connectivity index (χ4n) is 3.47. The van der Waals surface area contributed by atoms with Crippen molar-refractivity contribution in [1.29, 1.82) is 0 Å². The molecule has 0 radical (unpaired) electrons. The van der Waals surface area contributed by atoms with E-state index < -0.39 is 5.97 Å². The van der Waals surface area contributed by atoms with E-state index in [2.05, 4.69) is 24.0 Å². The summed E-state index contributed by atoms with van der Waals surface area (Å²) in [6.45, 7) is 6.46. The number of ether oxygens (including phenoxy) is 1.